The van der Waals surface area contributed by atoms with Crippen molar-refractivity contribution in [1.29, 1.82) is 0 Å². The first-order valence-electron chi connectivity index (χ1n) is 8.12. The van der Waals surface area contributed by atoms with Crippen molar-refractivity contribution >= 4 is 40.5 Å². The lowest BCUT2D eigenvalue weighted by Crippen LogP contribution is -2.21. The smallest absolute Gasteiger partial charge is 0.243 e. The molecule has 0 aromatic heterocycles. The third kappa shape index (κ3) is 6.47. The zero-order valence-electron chi connectivity index (χ0n) is 14.3. The normalized spacial score (nSPS) is 10.4. The number of nitrogens with one attached hydrogen (secondary N) is 3. The maximum absolute atomic E-state index is 12.0. The van der Waals surface area contributed by atoms with Gasteiger partial charge in [0.25, 0.3) is 0 Å². The number of hydrogen-bond donors (Lipinski definition) is 3. The summed E-state index contributed by atoms with van der Waals surface area (Å²) >= 11 is 6.03. The minimum absolute atomic E-state index is 0.0178. The van der Waals surface area contributed by atoms with Gasteiger partial charge < -0.3 is 16.0 Å². The molecule has 0 aliphatic carbocycles. The third-order valence-electron chi connectivity index (χ3n) is 3.36. The summed E-state index contributed by atoms with van der Waals surface area (Å²) in [7, 11) is 0. The second kappa shape index (κ2) is 9.08. The van der Waals surface area contributed by atoms with Crippen molar-refractivity contribution in [3.05, 3.63) is 53.6 Å². The summed E-state index contributed by atoms with van der Waals surface area (Å²) in [6.45, 7) is 4.10. The molecule has 0 radical (unpaired) electrons. The molecule has 0 atom stereocenters. The fourth-order valence-electron chi connectivity index (χ4n) is 2.20. The van der Waals surface area contributed by atoms with Gasteiger partial charge in [-0.1, -0.05) is 37.6 Å². The number of benzene rings is 2. The van der Waals surface area contributed by atoms with Crippen molar-refractivity contribution in [1.82, 2.24) is 0 Å². The van der Waals surface area contributed by atoms with Crippen LogP contribution in [-0.4, -0.2) is 18.4 Å². The molecule has 0 bridgehead atoms. The number of carbonyl (C=O) groups is 2. The van der Waals surface area contributed by atoms with Crippen LogP contribution in [0.3, 0.4) is 0 Å². The van der Waals surface area contributed by atoms with Crippen molar-refractivity contribution in [2.75, 3.05) is 22.5 Å². The van der Waals surface area contributed by atoms with Gasteiger partial charge in [-0.2, -0.15) is 0 Å². The molecule has 0 spiro atoms. The monoisotopic (exact) mass is 359 g/mol. The lowest BCUT2D eigenvalue weighted by Gasteiger charge is -2.10. The first-order valence-corrected chi connectivity index (χ1v) is 8.50. The van der Waals surface area contributed by atoms with E-state index < -0.39 is 0 Å². The lowest BCUT2D eigenvalue weighted by atomic mass is 10.1. The second-order valence-electron chi connectivity index (χ2n) is 6.11. The average molecular weight is 360 g/mol. The van der Waals surface area contributed by atoms with Crippen molar-refractivity contribution in [2.45, 2.75) is 20.3 Å². The maximum atomic E-state index is 12.0. The Morgan fingerprint density at radius 3 is 2.04 bits per heavy atom. The zero-order valence-corrected chi connectivity index (χ0v) is 15.1. The molecule has 6 heteroatoms. The summed E-state index contributed by atoms with van der Waals surface area (Å²) in [6.07, 6.45) is 0.478. The van der Waals surface area contributed by atoms with Crippen LogP contribution in [0.2, 0.25) is 5.02 Å². The van der Waals surface area contributed by atoms with Crippen LogP contribution in [0.4, 0.5) is 17.1 Å². The van der Waals surface area contributed by atoms with E-state index in [0.29, 0.717) is 34.4 Å². The van der Waals surface area contributed by atoms with Crippen molar-refractivity contribution in [3.63, 3.8) is 0 Å². The Labute approximate surface area is 152 Å². The molecule has 132 valence electrons. The number of para-hydroxylation sites is 1. The molecule has 3 N–H and O–H groups in total. The molecule has 0 aliphatic heterocycles. The molecule has 2 amide bonds. The van der Waals surface area contributed by atoms with E-state index in [1.54, 1.807) is 30.3 Å². The molecule has 5 nitrogen and oxygen atoms in total. The van der Waals surface area contributed by atoms with Gasteiger partial charge in [0.15, 0.2) is 0 Å². The molecule has 0 unspecified atom stereocenters. The molecule has 2 aromatic rings. The van der Waals surface area contributed by atoms with Crippen LogP contribution >= 0.6 is 11.6 Å². The first-order chi connectivity index (χ1) is 11.9. The van der Waals surface area contributed by atoms with E-state index in [0.717, 1.165) is 0 Å². The highest BCUT2D eigenvalue weighted by molar-refractivity contribution is 6.33. The minimum atomic E-state index is -0.184. The molecular weight excluding hydrogens is 338 g/mol. The summed E-state index contributed by atoms with van der Waals surface area (Å²) < 4.78 is 0. The Hall–Kier alpha value is -2.53. The van der Waals surface area contributed by atoms with E-state index in [4.69, 9.17) is 11.6 Å². The van der Waals surface area contributed by atoms with E-state index in [-0.39, 0.29) is 18.4 Å². The standard InChI is InChI=1S/C19H22ClN3O2/c1-13(2)11-18(24)22-14-7-9-15(10-8-14)23-19(25)12-21-17-6-4-3-5-16(17)20/h3-10,13,21H,11-12H2,1-2H3,(H,22,24)(H,23,25). The van der Waals surface area contributed by atoms with Gasteiger partial charge in [-0.3, -0.25) is 9.59 Å². The highest BCUT2D eigenvalue weighted by atomic mass is 35.5. The molecule has 25 heavy (non-hydrogen) atoms. The summed E-state index contributed by atoms with van der Waals surface area (Å²) in [6, 6.07) is 14.3. The fraction of sp³-hybridized carbons (Fsp3) is 0.263. The molecule has 0 heterocycles. The summed E-state index contributed by atoms with van der Waals surface area (Å²) in [4.78, 5) is 23.7. The van der Waals surface area contributed by atoms with Gasteiger partial charge in [0.1, 0.15) is 0 Å². The Balaban J connectivity index is 1.83. The number of halogens is 1. The van der Waals surface area contributed by atoms with Crippen LogP contribution in [0.1, 0.15) is 20.3 Å². The third-order valence-corrected chi connectivity index (χ3v) is 3.69. The molecule has 0 saturated heterocycles. The SMILES string of the molecule is CC(C)CC(=O)Nc1ccc(NC(=O)CNc2ccccc2Cl)cc1. The molecule has 2 rings (SSSR count). The van der Waals surface area contributed by atoms with Crippen molar-refractivity contribution < 1.29 is 9.59 Å². The minimum Gasteiger partial charge on any atom is -0.375 e. The Bertz CT molecular complexity index is 730. The van der Waals surface area contributed by atoms with Crippen molar-refractivity contribution in [2.24, 2.45) is 5.92 Å². The molecule has 2 aromatic carbocycles. The number of amides is 2. The first kappa shape index (κ1) is 18.8. The fourth-order valence-corrected chi connectivity index (χ4v) is 2.41. The zero-order chi connectivity index (χ0) is 18.2. The lowest BCUT2D eigenvalue weighted by molar-refractivity contribution is -0.117. The number of hydrogen-bond acceptors (Lipinski definition) is 3. The molecular formula is C19H22ClN3O2. The Morgan fingerprint density at radius 2 is 1.48 bits per heavy atom. The van der Waals surface area contributed by atoms with Crippen LogP contribution in [0.5, 0.6) is 0 Å². The Kier molecular flexibility index (Phi) is 6.83. The van der Waals surface area contributed by atoms with Crippen LogP contribution in [0.15, 0.2) is 48.5 Å². The molecule has 0 fully saturated rings. The summed E-state index contributed by atoms with van der Waals surface area (Å²) in [5, 5.41) is 9.17. The van der Waals surface area contributed by atoms with Crippen LogP contribution in [-0.2, 0) is 9.59 Å². The van der Waals surface area contributed by atoms with Crippen LogP contribution < -0.4 is 16.0 Å². The highest BCUT2D eigenvalue weighted by Gasteiger charge is 2.07. The van der Waals surface area contributed by atoms with E-state index in [1.165, 1.54) is 0 Å². The molecule has 0 saturated carbocycles. The van der Waals surface area contributed by atoms with Crippen LogP contribution in [0.25, 0.3) is 0 Å². The van der Waals surface area contributed by atoms with Gasteiger partial charge in [-0.15, -0.1) is 0 Å². The van der Waals surface area contributed by atoms with Gasteiger partial charge in [0.05, 0.1) is 17.3 Å². The largest absolute Gasteiger partial charge is 0.375 e. The van der Waals surface area contributed by atoms with Gasteiger partial charge in [-0.25, -0.2) is 0 Å². The number of rotatable bonds is 7. The van der Waals surface area contributed by atoms with Gasteiger partial charge in [0.2, 0.25) is 11.8 Å². The maximum Gasteiger partial charge on any atom is 0.243 e. The van der Waals surface area contributed by atoms with Gasteiger partial charge in [-0.05, 0) is 42.3 Å². The number of anilines is 3. The van der Waals surface area contributed by atoms with Crippen molar-refractivity contribution in [3.8, 4) is 0 Å². The summed E-state index contributed by atoms with van der Waals surface area (Å²) in [5.74, 6) is 0.108. The van der Waals surface area contributed by atoms with E-state index in [9.17, 15) is 9.59 Å². The van der Waals surface area contributed by atoms with E-state index in [2.05, 4.69) is 16.0 Å². The quantitative estimate of drug-likeness (QED) is 0.687. The van der Waals surface area contributed by atoms with E-state index in [1.807, 2.05) is 32.0 Å². The molecule has 0 aliphatic rings. The highest BCUT2D eigenvalue weighted by Crippen LogP contribution is 2.20. The number of carbonyl (C=O) groups excluding carboxylic acids is 2. The predicted molar refractivity (Wildman–Crippen MR) is 103 cm³/mol. The topological polar surface area (TPSA) is 70.2 Å². The van der Waals surface area contributed by atoms with E-state index >= 15 is 0 Å². The van der Waals surface area contributed by atoms with Gasteiger partial charge in [0, 0.05) is 17.8 Å². The summed E-state index contributed by atoms with van der Waals surface area (Å²) in [5.41, 5.74) is 2.08. The van der Waals surface area contributed by atoms with Crippen LogP contribution in [0, 0.1) is 5.92 Å². The second-order valence-corrected chi connectivity index (χ2v) is 6.51. The predicted octanol–water partition coefficient (Wildman–Crippen LogP) is 4.38. The Morgan fingerprint density at radius 1 is 0.920 bits per heavy atom. The van der Waals surface area contributed by atoms with Gasteiger partial charge >= 0.3 is 0 Å². The average Bonchev–Trinajstić information content (AvgIpc) is 2.55.